The summed E-state index contributed by atoms with van der Waals surface area (Å²) in [5.74, 6) is -1.32. The lowest BCUT2D eigenvalue weighted by Crippen LogP contribution is -2.17. The quantitative estimate of drug-likeness (QED) is 0.380. The average Bonchev–Trinajstić information content (AvgIpc) is 3.11. The van der Waals surface area contributed by atoms with Crippen LogP contribution < -0.4 is 11.1 Å². The summed E-state index contributed by atoms with van der Waals surface area (Å²) >= 11 is 0. The monoisotopic (exact) mass is 422 g/mol. The lowest BCUT2D eigenvalue weighted by Gasteiger charge is -2.08. The number of alkyl halides is 3. The third kappa shape index (κ3) is 3.88. The van der Waals surface area contributed by atoms with Crippen molar-refractivity contribution >= 4 is 22.5 Å². The Morgan fingerprint density at radius 1 is 1.03 bits per heavy atom. The second-order valence-electron chi connectivity index (χ2n) is 6.64. The largest absolute Gasteiger partial charge is 0.416 e. The summed E-state index contributed by atoms with van der Waals surface area (Å²) in [7, 11) is 0. The van der Waals surface area contributed by atoms with Crippen LogP contribution in [0.15, 0.2) is 36.4 Å². The van der Waals surface area contributed by atoms with E-state index in [9.17, 15) is 22.0 Å². The van der Waals surface area contributed by atoms with Crippen LogP contribution in [0.1, 0.15) is 17.0 Å². The number of fused-ring (bicyclic) bond motifs is 3. The number of hydrogen-bond acceptors (Lipinski definition) is 5. The molecule has 2 aromatic heterocycles. The molecule has 0 atom stereocenters. The van der Waals surface area contributed by atoms with Crippen LogP contribution in [0.5, 0.6) is 0 Å². The van der Waals surface area contributed by atoms with Crippen molar-refractivity contribution in [3.8, 4) is 0 Å². The van der Waals surface area contributed by atoms with E-state index in [1.54, 1.807) is 0 Å². The van der Waals surface area contributed by atoms with Gasteiger partial charge in [-0.05, 0) is 23.8 Å². The van der Waals surface area contributed by atoms with Crippen molar-refractivity contribution in [1.29, 1.82) is 0 Å². The van der Waals surface area contributed by atoms with Gasteiger partial charge in [-0.2, -0.15) is 17.7 Å². The molecule has 30 heavy (non-hydrogen) atoms. The predicted octanol–water partition coefficient (Wildman–Crippen LogP) is 3.49. The molecule has 0 aliphatic carbocycles. The lowest BCUT2D eigenvalue weighted by atomic mass is 10.1. The van der Waals surface area contributed by atoms with E-state index in [2.05, 4.69) is 20.4 Å². The molecule has 11 heteroatoms. The van der Waals surface area contributed by atoms with E-state index in [0.29, 0.717) is 37.0 Å². The molecule has 0 aliphatic rings. The Hall–Kier alpha value is -3.34. The van der Waals surface area contributed by atoms with Crippen LogP contribution in [-0.2, 0) is 19.1 Å². The van der Waals surface area contributed by atoms with Gasteiger partial charge >= 0.3 is 6.18 Å². The second-order valence-corrected chi connectivity index (χ2v) is 6.64. The van der Waals surface area contributed by atoms with Crippen molar-refractivity contribution in [1.82, 2.24) is 24.9 Å². The van der Waals surface area contributed by atoms with Gasteiger partial charge in [0.05, 0.1) is 10.9 Å². The molecule has 0 radical (unpaired) electrons. The highest BCUT2D eigenvalue weighted by Gasteiger charge is 2.29. The molecule has 4 aromatic rings. The number of halogens is 5. The maximum atomic E-state index is 14.0. The van der Waals surface area contributed by atoms with Gasteiger partial charge in [0.2, 0.25) is 5.95 Å². The maximum absolute atomic E-state index is 14.0. The highest BCUT2D eigenvalue weighted by molar-refractivity contribution is 5.92. The number of nitrogens with zero attached hydrogens (tertiary/aromatic N) is 4. The number of anilines is 1. The van der Waals surface area contributed by atoms with Gasteiger partial charge in [0.1, 0.15) is 11.3 Å². The summed E-state index contributed by atoms with van der Waals surface area (Å²) in [5, 5.41) is 7.45. The van der Waals surface area contributed by atoms with Gasteiger partial charge < -0.3 is 11.1 Å². The van der Waals surface area contributed by atoms with E-state index >= 15 is 0 Å². The number of aromatic nitrogens is 4. The SMILES string of the molecule is Nc1nc2c(F)cc(F)cc2c2nc(CCNCc3ccc(C(F)(F)F)cc3)nn12. The normalized spacial score (nSPS) is 12.2. The van der Waals surface area contributed by atoms with Gasteiger partial charge in [-0.3, -0.25) is 0 Å². The van der Waals surface area contributed by atoms with E-state index < -0.39 is 23.4 Å². The van der Waals surface area contributed by atoms with Crippen molar-refractivity contribution in [2.24, 2.45) is 0 Å². The molecule has 0 amide bonds. The fourth-order valence-electron chi connectivity index (χ4n) is 3.05. The third-order valence-electron chi connectivity index (χ3n) is 4.50. The highest BCUT2D eigenvalue weighted by Crippen LogP contribution is 2.29. The van der Waals surface area contributed by atoms with Crippen LogP contribution >= 0.6 is 0 Å². The topological polar surface area (TPSA) is 81.1 Å². The Kier molecular flexibility index (Phi) is 4.98. The Morgan fingerprint density at radius 2 is 1.77 bits per heavy atom. The summed E-state index contributed by atoms with van der Waals surface area (Å²) in [5.41, 5.74) is 5.89. The Labute approximate surface area is 166 Å². The number of benzene rings is 2. The summed E-state index contributed by atoms with van der Waals surface area (Å²) in [4.78, 5) is 8.22. The predicted molar refractivity (Wildman–Crippen MR) is 99.5 cm³/mol. The molecule has 0 unspecified atom stereocenters. The molecule has 0 fully saturated rings. The van der Waals surface area contributed by atoms with Gasteiger partial charge in [-0.1, -0.05) is 12.1 Å². The van der Waals surface area contributed by atoms with Crippen LogP contribution in [0.2, 0.25) is 0 Å². The molecule has 2 heterocycles. The van der Waals surface area contributed by atoms with Gasteiger partial charge in [-0.15, -0.1) is 5.10 Å². The molecule has 4 rings (SSSR count). The minimum Gasteiger partial charge on any atom is -0.368 e. The van der Waals surface area contributed by atoms with Gasteiger partial charge in [0.15, 0.2) is 17.3 Å². The van der Waals surface area contributed by atoms with Crippen molar-refractivity contribution in [2.75, 3.05) is 12.3 Å². The smallest absolute Gasteiger partial charge is 0.368 e. The van der Waals surface area contributed by atoms with E-state index in [1.807, 2.05) is 0 Å². The Bertz CT molecular complexity index is 1220. The average molecular weight is 422 g/mol. The molecule has 0 saturated heterocycles. The van der Waals surface area contributed by atoms with Crippen LogP contribution in [-0.4, -0.2) is 26.1 Å². The number of nitrogens with two attached hydrogens (primary N) is 1. The number of hydrogen-bond donors (Lipinski definition) is 2. The minimum atomic E-state index is -4.37. The standard InChI is InChI=1S/C19H15F5N6/c20-12-7-13-16(14(21)8-12)28-18(25)30-17(13)27-15(29-30)5-6-26-9-10-1-3-11(4-2-10)19(22,23)24/h1-4,7-8,26H,5-6,9H2,(H2,25,28). The first-order chi connectivity index (χ1) is 14.2. The first-order valence-electron chi connectivity index (χ1n) is 8.89. The molecule has 0 spiro atoms. The first-order valence-corrected chi connectivity index (χ1v) is 8.89. The van der Waals surface area contributed by atoms with Crippen molar-refractivity contribution in [2.45, 2.75) is 19.1 Å². The first kappa shape index (κ1) is 20.0. The maximum Gasteiger partial charge on any atom is 0.416 e. The summed E-state index contributed by atoms with van der Waals surface area (Å²) in [6.07, 6.45) is -4.01. The van der Waals surface area contributed by atoms with Gasteiger partial charge in [0.25, 0.3) is 0 Å². The molecule has 0 aliphatic heterocycles. The summed E-state index contributed by atoms with van der Waals surface area (Å²) in [6.45, 7) is 0.778. The second kappa shape index (κ2) is 7.48. The molecule has 156 valence electrons. The van der Waals surface area contributed by atoms with E-state index in [-0.39, 0.29) is 22.5 Å². The lowest BCUT2D eigenvalue weighted by molar-refractivity contribution is -0.137. The molecule has 0 bridgehead atoms. The van der Waals surface area contributed by atoms with Crippen molar-refractivity contribution in [3.63, 3.8) is 0 Å². The van der Waals surface area contributed by atoms with Crippen molar-refractivity contribution in [3.05, 3.63) is 65.0 Å². The Morgan fingerprint density at radius 3 is 2.47 bits per heavy atom. The highest BCUT2D eigenvalue weighted by atomic mass is 19.4. The number of nitrogen functional groups attached to an aromatic ring is 1. The number of rotatable bonds is 5. The van der Waals surface area contributed by atoms with Gasteiger partial charge in [-0.25, -0.2) is 18.7 Å². The molecular weight excluding hydrogens is 407 g/mol. The van der Waals surface area contributed by atoms with E-state index in [1.165, 1.54) is 16.6 Å². The molecule has 6 nitrogen and oxygen atoms in total. The van der Waals surface area contributed by atoms with Crippen LogP contribution in [0, 0.1) is 11.6 Å². The Balaban J connectivity index is 1.46. The number of nitrogens with one attached hydrogen (secondary N) is 1. The van der Waals surface area contributed by atoms with E-state index in [0.717, 1.165) is 18.2 Å². The van der Waals surface area contributed by atoms with E-state index in [4.69, 9.17) is 5.73 Å². The van der Waals surface area contributed by atoms with Gasteiger partial charge in [0, 0.05) is 25.6 Å². The fourth-order valence-corrected chi connectivity index (χ4v) is 3.05. The zero-order valence-corrected chi connectivity index (χ0v) is 15.3. The van der Waals surface area contributed by atoms with Crippen molar-refractivity contribution < 1.29 is 22.0 Å². The molecular formula is C19H15F5N6. The summed E-state index contributed by atoms with van der Waals surface area (Å²) < 4.78 is 66.5. The van der Waals surface area contributed by atoms with Crippen LogP contribution in [0.4, 0.5) is 27.9 Å². The summed E-state index contributed by atoms with van der Waals surface area (Å²) in [6, 6.07) is 6.69. The fraction of sp³-hybridized carbons (Fsp3) is 0.211. The zero-order chi connectivity index (χ0) is 21.5. The third-order valence-corrected chi connectivity index (χ3v) is 4.50. The van der Waals surface area contributed by atoms with Crippen LogP contribution in [0.3, 0.4) is 0 Å². The molecule has 3 N–H and O–H groups in total. The molecule has 2 aromatic carbocycles. The van der Waals surface area contributed by atoms with Crippen LogP contribution in [0.25, 0.3) is 16.6 Å². The zero-order valence-electron chi connectivity index (χ0n) is 15.3. The molecule has 0 saturated carbocycles. The minimum absolute atomic E-state index is 0.0838.